The molecular weight excluding hydrogens is 454 g/mol. The second-order valence-corrected chi connectivity index (χ2v) is 9.71. The largest absolute Gasteiger partial charge is 0.506 e. The average molecular weight is 474 g/mol. The van der Waals surface area contributed by atoms with Crippen LogP contribution in [0.15, 0.2) is 58.1 Å². The predicted octanol–water partition coefficient (Wildman–Crippen LogP) is 4.73. The van der Waals surface area contributed by atoms with Crippen LogP contribution in [0.25, 0.3) is 10.9 Å². The lowest BCUT2D eigenvalue weighted by Crippen LogP contribution is -2.05. The number of phenolic OH excluding ortho intramolecular Hbond substituents is 1. The Hall–Kier alpha value is -2.32. The lowest BCUT2D eigenvalue weighted by Gasteiger charge is -2.12. The fraction of sp³-hybridized carbons (Fsp3) is 0.286. The summed E-state index contributed by atoms with van der Waals surface area (Å²) in [7, 11) is -1.08. The van der Waals surface area contributed by atoms with Gasteiger partial charge >= 0.3 is 0 Å². The van der Waals surface area contributed by atoms with E-state index in [-0.39, 0.29) is 5.75 Å². The number of fused-ring (bicyclic) bond motifs is 1. The summed E-state index contributed by atoms with van der Waals surface area (Å²) in [5.74, 6) is 1.83. The zero-order valence-electron chi connectivity index (χ0n) is 15.6. The van der Waals surface area contributed by atoms with Gasteiger partial charge in [0.1, 0.15) is 11.5 Å². The topological polar surface area (TPSA) is 73.2 Å². The van der Waals surface area contributed by atoms with Gasteiger partial charge in [0.25, 0.3) is 0 Å². The molecule has 0 aliphatic heterocycles. The van der Waals surface area contributed by atoms with Gasteiger partial charge in [-0.05, 0) is 53.0 Å². The van der Waals surface area contributed by atoms with Gasteiger partial charge in [0.15, 0.2) is 0 Å². The van der Waals surface area contributed by atoms with Crippen molar-refractivity contribution >= 4 is 37.6 Å². The van der Waals surface area contributed by atoms with Crippen LogP contribution >= 0.6 is 15.9 Å². The monoisotopic (exact) mass is 473 g/mol. The van der Waals surface area contributed by atoms with E-state index >= 15 is 0 Å². The number of imidazole rings is 1. The summed E-state index contributed by atoms with van der Waals surface area (Å²) in [6.45, 7) is 0.519. The first kappa shape index (κ1) is 18.7. The zero-order valence-corrected chi connectivity index (χ0v) is 18.0. The Morgan fingerprint density at radius 1 is 1.31 bits per heavy atom. The van der Waals surface area contributed by atoms with E-state index in [4.69, 9.17) is 4.42 Å². The van der Waals surface area contributed by atoms with Crippen molar-refractivity contribution in [2.45, 2.75) is 36.9 Å². The standard InChI is InChI=1S/C21H20BrN3O3S/c22-19-9-20-17(18(21(19)26)10-24-6-5-23-13-24)8-15(25(20)14-3-4-14)11-29(27)12-16-2-1-7-28-16/h1-2,5-9,13-14,26H,3-4,10-12H2. The van der Waals surface area contributed by atoms with Crippen LogP contribution < -0.4 is 0 Å². The minimum absolute atomic E-state index is 0.238. The number of furan rings is 1. The Morgan fingerprint density at radius 3 is 2.86 bits per heavy atom. The van der Waals surface area contributed by atoms with Crippen LogP contribution in [0.2, 0.25) is 0 Å². The molecule has 5 rings (SSSR count). The third-order valence-electron chi connectivity index (χ3n) is 5.26. The zero-order chi connectivity index (χ0) is 20.0. The third-order valence-corrected chi connectivity index (χ3v) is 7.09. The molecule has 0 saturated heterocycles. The van der Waals surface area contributed by atoms with Crippen molar-refractivity contribution in [2.75, 3.05) is 0 Å². The average Bonchev–Trinajstić information content (AvgIpc) is 3.08. The third kappa shape index (κ3) is 3.67. The fourth-order valence-corrected chi connectivity index (χ4v) is 5.40. The van der Waals surface area contributed by atoms with E-state index < -0.39 is 10.8 Å². The molecule has 0 bridgehead atoms. The van der Waals surface area contributed by atoms with E-state index in [9.17, 15) is 9.32 Å². The summed E-state index contributed by atoms with van der Waals surface area (Å²) in [6, 6.07) is 8.16. The SMILES string of the molecule is O=S(Cc1ccco1)Cc1cc2c(Cn3ccnc3)c(O)c(Br)cc2n1C1CC1. The first-order valence-electron chi connectivity index (χ1n) is 9.47. The van der Waals surface area contributed by atoms with Crippen molar-refractivity contribution in [3.63, 3.8) is 0 Å². The Morgan fingerprint density at radius 2 is 2.17 bits per heavy atom. The van der Waals surface area contributed by atoms with Gasteiger partial charge < -0.3 is 18.7 Å². The van der Waals surface area contributed by atoms with E-state index in [0.29, 0.717) is 28.6 Å². The van der Waals surface area contributed by atoms with Crippen molar-refractivity contribution in [3.8, 4) is 5.75 Å². The highest BCUT2D eigenvalue weighted by atomic mass is 79.9. The summed E-state index contributed by atoms with van der Waals surface area (Å²) in [6.07, 6.45) is 9.20. The second-order valence-electron chi connectivity index (χ2n) is 7.40. The molecule has 1 unspecified atom stereocenters. The molecule has 3 aromatic heterocycles. The first-order valence-corrected chi connectivity index (χ1v) is 11.8. The molecule has 0 amide bonds. The highest BCUT2D eigenvalue weighted by Gasteiger charge is 2.29. The quantitative estimate of drug-likeness (QED) is 0.420. The van der Waals surface area contributed by atoms with Gasteiger partial charge in [-0.3, -0.25) is 4.21 Å². The highest BCUT2D eigenvalue weighted by molar-refractivity contribution is 9.10. The van der Waals surface area contributed by atoms with Crippen LogP contribution in [-0.4, -0.2) is 23.4 Å². The molecule has 1 N–H and O–H groups in total. The van der Waals surface area contributed by atoms with E-state index in [0.717, 1.165) is 40.8 Å². The van der Waals surface area contributed by atoms with E-state index in [2.05, 4.69) is 31.5 Å². The number of rotatable bonds is 7. The van der Waals surface area contributed by atoms with Crippen LogP contribution in [0.4, 0.5) is 0 Å². The number of aromatic hydroxyl groups is 1. The maximum absolute atomic E-state index is 12.8. The second kappa shape index (κ2) is 7.50. The number of halogens is 1. The summed E-state index contributed by atoms with van der Waals surface area (Å²) in [5, 5.41) is 11.7. The number of aromatic nitrogens is 3. The maximum atomic E-state index is 12.8. The van der Waals surface area contributed by atoms with E-state index in [1.807, 2.05) is 29.0 Å². The maximum Gasteiger partial charge on any atom is 0.135 e. The molecule has 1 fully saturated rings. The molecule has 4 aromatic rings. The molecule has 1 aromatic carbocycles. The van der Waals surface area contributed by atoms with Crippen LogP contribution in [0.3, 0.4) is 0 Å². The Kier molecular flexibility index (Phi) is 4.83. The molecule has 1 aliphatic rings. The van der Waals surface area contributed by atoms with Gasteiger partial charge in [-0.25, -0.2) is 4.98 Å². The van der Waals surface area contributed by atoms with Crippen molar-refractivity contribution in [1.82, 2.24) is 14.1 Å². The van der Waals surface area contributed by atoms with Crippen molar-refractivity contribution < 1.29 is 13.7 Å². The van der Waals surface area contributed by atoms with Gasteiger partial charge in [-0.15, -0.1) is 0 Å². The van der Waals surface area contributed by atoms with Gasteiger partial charge in [0.2, 0.25) is 0 Å². The number of benzene rings is 1. The Bertz CT molecular complexity index is 1180. The molecule has 8 heteroatoms. The molecule has 0 spiro atoms. The Labute approximate surface area is 178 Å². The van der Waals surface area contributed by atoms with Gasteiger partial charge in [0, 0.05) is 45.9 Å². The van der Waals surface area contributed by atoms with Gasteiger partial charge in [-0.1, -0.05) is 0 Å². The summed E-state index contributed by atoms with van der Waals surface area (Å²) >= 11 is 3.51. The number of hydrogen-bond donors (Lipinski definition) is 1. The Balaban J connectivity index is 1.57. The summed E-state index contributed by atoms with van der Waals surface area (Å²) in [4.78, 5) is 4.10. The van der Waals surface area contributed by atoms with Crippen LogP contribution in [0, 0.1) is 0 Å². The minimum atomic E-state index is -1.08. The van der Waals surface area contributed by atoms with Gasteiger partial charge in [0.05, 0.1) is 40.6 Å². The molecular formula is C21H20BrN3O3S. The minimum Gasteiger partial charge on any atom is -0.506 e. The molecule has 1 saturated carbocycles. The highest BCUT2D eigenvalue weighted by Crippen LogP contribution is 2.44. The lowest BCUT2D eigenvalue weighted by molar-refractivity contribution is 0.464. The molecule has 3 heterocycles. The van der Waals surface area contributed by atoms with E-state index in [1.165, 1.54) is 0 Å². The van der Waals surface area contributed by atoms with Crippen LogP contribution in [0.5, 0.6) is 5.75 Å². The van der Waals surface area contributed by atoms with Crippen LogP contribution in [-0.2, 0) is 28.9 Å². The normalized spacial score (nSPS) is 15.2. The van der Waals surface area contributed by atoms with Crippen molar-refractivity contribution in [2.24, 2.45) is 0 Å². The van der Waals surface area contributed by atoms with Crippen LogP contribution in [0.1, 0.15) is 35.9 Å². The molecule has 1 atom stereocenters. The predicted molar refractivity (Wildman–Crippen MR) is 115 cm³/mol. The molecule has 0 radical (unpaired) electrons. The van der Waals surface area contributed by atoms with Crippen molar-refractivity contribution in [3.05, 3.63) is 70.7 Å². The number of nitrogens with zero attached hydrogens (tertiary/aromatic N) is 3. The number of hydrogen-bond acceptors (Lipinski definition) is 4. The van der Waals surface area contributed by atoms with Crippen molar-refractivity contribution in [1.29, 1.82) is 0 Å². The lowest BCUT2D eigenvalue weighted by atomic mass is 10.1. The smallest absolute Gasteiger partial charge is 0.135 e. The molecule has 29 heavy (non-hydrogen) atoms. The molecule has 1 aliphatic carbocycles. The first-order chi connectivity index (χ1) is 14.1. The molecule has 150 valence electrons. The fourth-order valence-electron chi connectivity index (χ4n) is 3.81. The number of phenols is 1. The summed E-state index contributed by atoms with van der Waals surface area (Å²) in [5.41, 5.74) is 2.94. The van der Waals surface area contributed by atoms with Gasteiger partial charge in [-0.2, -0.15) is 0 Å². The molecule has 6 nitrogen and oxygen atoms in total. The van der Waals surface area contributed by atoms with E-state index in [1.54, 1.807) is 18.8 Å². The summed E-state index contributed by atoms with van der Waals surface area (Å²) < 4.78 is 23.1.